The molecule has 0 saturated heterocycles. The molecule has 0 aliphatic rings. The molecule has 0 unspecified atom stereocenters. The fourth-order valence-electron chi connectivity index (χ4n) is 7.62. The van der Waals surface area contributed by atoms with Gasteiger partial charge in [0, 0.05) is 38.2 Å². The molecule has 0 N–H and O–H groups in total. The monoisotopic (exact) mass is 681 g/mol. The standard InChI is InChI=1S/C48H31N3O2/c1-49-48(51-47(32-14-3-2-4-15-32)50-29-30-25-26-31-13-5-6-16-33(31)27-30)39-22-12-24-42-45(39)38-21-11-20-36(46(38)53-42)40-28-43-44(35-18-8-7-17-34(35)40)37-19-9-10-23-41(37)52-43/h2-28H,1,29H2/b50-47-,51-48-. The van der Waals surface area contributed by atoms with Crippen molar-refractivity contribution in [3.63, 3.8) is 0 Å². The van der Waals surface area contributed by atoms with Crippen LogP contribution in [0.3, 0.4) is 0 Å². The Morgan fingerprint density at radius 3 is 2.08 bits per heavy atom. The normalized spacial score (nSPS) is 12.5. The highest BCUT2D eigenvalue weighted by Gasteiger charge is 2.21. The molecule has 5 heteroatoms. The Hall–Kier alpha value is -7.11. The van der Waals surface area contributed by atoms with Crippen LogP contribution < -0.4 is 0 Å². The summed E-state index contributed by atoms with van der Waals surface area (Å²) in [5.74, 6) is 1.05. The smallest absolute Gasteiger partial charge is 0.161 e. The molecule has 2 aromatic heterocycles. The van der Waals surface area contributed by atoms with Gasteiger partial charge in [0.2, 0.25) is 0 Å². The zero-order chi connectivity index (χ0) is 35.3. The fraction of sp³-hybridized carbons (Fsp3) is 0.0208. The predicted molar refractivity (Wildman–Crippen MR) is 221 cm³/mol. The number of benzene rings is 8. The van der Waals surface area contributed by atoms with Crippen molar-refractivity contribution in [1.82, 2.24) is 0 Å². The summed E-state index contributed by atoms with van der Waals surface area (Å²) in [4.78, 5) is 14.7. The molecule has 10 rings (SSSR count). The molecular weight excluding hydrogens is 651 g/mol. The molecule has 2 heterocycles. The van der Waals surface area contributed by atoms with Gasteiger partial charge in [-0.05, 0) is 63.7 Å². The van der Waals surface area contributed by atoms with Crippen LogP contribution in [-0.2, 0) is 6.54 Å². The zero-order valence-electron chi connectivity index (χ0n) is 28.7. The lowest BCUT2D eigenvalue weighted by molar-refractivity contribution is 0.668. The molecule has 0 aliphatic carbocycles. The van der Waals surface area contributed by atoms with Crippen molar-refractivity contribution in [3.05, 3.63) is 180 Å². The fourth-order valence-corrected chi connectivity index (χ4v) is 7.62. The SMILES string of the molecule is C=N/C(=N\C(=N/Cc1ccc2ccccc2c1)c1ccccc1)c1cccc2oc3c(-c4cc5oc6ccccc6c5c5ccccc45)cccc3c12. The summed E-state index contributed by atoms with van der Waals surface area (Å²) in [6.45, 7) is 4.44. The van der Waals surface area contributed by atoms with E-state index in [0.717, 1.165) is 82.5 Å². The molecule has 0 fully saturated rings. The maximum absolute atomic E-state index is 6.75. The van der Waals surface area contributed by atoms with Crippen LogP contribution in [0.2, 0.25) is 0 Å². The van der Waals surface area contributed by atoms with Crippen molar-refractivity contribution in [1.29, 1.82) is 0 Å². The van der Waals surface area contributed by atoms with Crippen molar-refractivity contribution < 1.29 is 8.83 Å². The number of furan rings is 2. The molecule has 5 nitrogen and oxygen atoms in total. The number of aliphatic imine (C=N–C) groups is 3. The van der Waals surface area contributed by atoms with Gasteiger partial charge < -0.3 is 8.83 Å². The van der Waals surface area contributed by atoms with E-state index in [9.17, 15) is 0 Å². The van der Waals surface area contributed by atoms with Crippen molar-refractivity contribution >= 4 is 83.8 Å². The number of rotatable bonds is 5. The Bertz CT molecular complexity index is 3110. The van der Waals surface area contributed by atoms with E-state index in [4.69, 9.17) is 18.8 Å². The third-order valence-corrected chi connectivity index (χ3v) is 10.1. The Labute approximate surface area is 304 Å². The first-order chi connectivity index (χ1) is 26.2. The van der Waals surface area contributed by atoms with Crippen molar-refractivity contribution in [2.24, 2.45) is 15.0 Å². The first kappa shape index (κ1) is 30.7. The molecule has 8 aromatic carbocycles. The number of fused-ring (bicyclic) bond motifs is 9. The average Bonchev–Trinajstić information content (AvgIpc) is 3.80. The lowest BCUT2D eigenvalue weighted by Gasteiger charge is -2.09. The molecule has 0 spiro atoms. The van der Waals surface area contributed by atoms with E-state index < -0.39 is 0 Å². The minimum atomic E-state index is 0.467. The molecular formula is C48H31N3O2. The minimum Gasteiger partial charge on any atom is -0.456 e. The van der Waals surface area contributed by atoms with Crippen molar-refractivity contribution in [2.45, 2.75) is 6.54 Å². The molecule has 0 saturated carbocycles. The number of para-hydroxylation sites is 2. The molecule has 53 heavy (non-hydrogen) atoms. The van der Waals surface area contributed by atoms with E-state index in [1.807, 2.05) is 60.7 Å². The van der Waals surface area contributed by atoms with E-state index in [1.54, 1.807) is 0 Å². The van der Waals surface area contributed by atoms with E-state index in [0.29, 0.717) is 18.2 Å². The van der Waals surface area contributed by atoms with Crippen LogP contribution in [0, 0.1) is 0 Å². The molecule has 10 aromatic rings. The quantitative estimate of drug-likeness (QED) is 0.134. The highest BCUT2D eigenvalue weighted by Crippen LogP contribution is 2.43. The van der Waals surface area contributed by atoms with Gasteiger partial charge in [0.1, 0.15) is 22.3 Å². The first-order valence-corrected chi connectivity index (χ1v) is 17.6. The summed E-state index contributed by atoms with van der Waals surface area (Å²) in [7, 11) is 0. The summed E-state index contributed by atoms with van der Waals surface area (Å²) in [5.41, 5.74) is 8.08. The van der Waals surface area contributed by atoms with Gasteiger partial charge in [-0.25, -0.2) is 9.98 Å². The highest BCUT2D eigenvalue weighted by molar-refractivity contribution is 6.25. The molecule has 250 valence electrons. The van der Waals surface area contributed by atoms with Gasteiger partial charge in [0.05, 0.1) is 6.54 Å². The van der Waals surface area contributed by atoms with Crippen LogP contribution in [0.25, 0.3) is 76.5 Å². The average molecular weight is 682 g/mol. The molecule has 0 aliphatic heterocycles. The van der Waals surface area contributed by atoms with Gasteiger partial charge in [0.25, 0.3) is 0 Å². The topological polar surface area (TPSA) is 63.4 Å². The molecule has 0 amide bonds. The maximum atomic E-state index is 6.75. The van der Waals surface area contributed by atoms with E-state index >= 15 is 0 Å². The summed E-state index contributed by atoms with van der Waals surface area (Å²) in [5, 5.41) is 8.77. The van der Waals surface area contributed by atoms with Gasteiger partial charge in [0.15, 0.2) is 11.7 Å². The van der Waals surface area contributed by atoms with E-state index in [-0.39, 0.29) is 0 Å². The highest BCUT2D eigenvalue weighted by atomic mass is 16.3. The summed E-state index contributed by atoms with van der Waals surface area (Å²) < 4.78 is 13.2. The number of hydrogen-bond donors (Lipinski definition) is 0. The summed E-state index contributed by atoms with van der Waals surface area (Å²) in [6.07, 6.45) is 0. The lowest BCUT2D eigenvalue weighted by atomic mass is 9.93. The van der Waals surface area contributed by atoms with Gasteiger partial charge in [-0.3, -0.25) is 4.99 Å². The third-order valence-electron chi connectivity index (χ3n) is 10.1. The van der Waals surface area contributed by atoms with Gasteiger partial charge in [-0.1, -0.05) is 140 Å². The minimum absolute atomic E-state index is 0.467. The van der Waals surface area contributed by atoms with Crippen LogP contribution in [0.5, 0.6) is 0 Å². The Balaban J connectivity index is 1.14. The van der Waals surface area contributed by atoms with Crippen molar-refractivity contribution in [3.8, 4) is 11.1 Å². The second kappa shape index (κ2) is 12.6. The predicted octanol–water partition coefficient (Wildman–Crippen LogP) is 12.6. The van der Waals surface area contributed by atoms with Crippen LogP contribution in [0.1, 0.15) is 16.7 Å². The Kier molecular flexibility index (Phi) is 7.29. The van der Waals surface area contributed by atoms with Crippen LogP contribution in [0.15, 0.2) is 188 Å². The van der Waals surface area contributed by atoms with Crippen LogP contribution in [-0.4, -0.2) is 18.4 Å². The lowest BCUT2D eigenvalue weighted by Crippen LogP contribution is -2.06. The number of amidine groups is 2. The second-order valence-corrected chi connectivity index (χ2v) is 13.2. The van der Waals surface area contributed by atoms with E-state index in [2.05, 4.69) is 115 Å². The summed E-state index contributed by atoms with van der Waals surface area (Å²) in [6, 6.07) is 56.0. The van der Waals surface area contributed by atoms with Gasteiger partial charge >= 0.3 is 0 Å². The van der Waals surface area contributed by atoms with Crippen LogP contribution >= 0.6 is 0 Å². The maximum Gasteiger partial charge on any atom is 0.161 e. The molecule has 0 radical (unpaired) electrons. The third kappa shape index (κ3) is 5.21. The second-order valence-electron chi connectivity index (χ2n) is 13.2. The van der Waals surface area contributed by atoms with E-state index in [1.165, 1.54) is 10.8 Å². The van der Waals surface area contributed by atoms with Crippen molar-refractivity contribution in [2.75, 3.05) is 0 Å². The summed E-state index contributed by atoms with van der Waals surface area (Å²) >= 11 is 0. The Morgan fingerprint density at radius 1 is 0.491 bits per heavy atom. The molecule has 0 bridgehead atoms. The zero-order valence-corrected chi connectivity index (χ0v) is 28.7. The van der Waals surface area contributed by atoms with Crippen LogP contribution in [0.4, 0.5) is 0 Å². The number of nitrogens with zero attached hydrogens (tertiary/aromatic N) is 3. The number of hydrogen-bond acceptors (Lipinski definition) is 3. The van der Waals surface area contributed by atoms with Gasteiger partial charge in [-0.2, -0.15) is 0 Å². The van der Waals surface area contributed by atoms with Gasteiger partial charge in [-0.15, -0.1) is 0 Å². The molecule has 0 atom stereocenters. The first-order valence-electron chi connectivity index (χ1n) is 17.6. The largest absolute Gasteiger partial charge is 0.456 e. The Morgan fingerprint density at radius 2 is 1.21 bits per heavy atom.